The number of carbonyl (C=O) groups excluding carboxylic acids is 2. The van der Waals surface area contributed by atoms with Crippen LogP contribution in [-0.4, -0.2) is 29.7 Å². The van der Waals surface area contributed by atoms with Crippen molar-refractivity contribution in [2.45, 2.75) is 26.7 Å². The number of hydrogen-bond donors (Lipinski definition) is 0. The molecule has 3 rings (SSSR count). The van der Waals surface area contributed by atoms with Gasteiger partial charge in [-0.15, -0.1) is 0 Å². The maximum atomic E-state index is 12.7. The second-order valence-electron chi connectivity index (χ2n) is 7.41. The molecule has 124 valence electrons. The maximum Gasteiger partial charge on any atom is 0.253 e. The van der Waals surface area contributed by atoms with Crippen LogP contribution in [0.4, 0.5) is 0 Å². The second kappa shape index (κ2) is 5.75. The van der Waals surface area contributed by atoms with E-state index in [-0.39, 0.29) is 22.7 Å². The van der Waals surface area contributed by atoms with E-state index >= 15 is 0 Å². The highest BCUT2D eigenvalue weighted by Crippen LogP contribution is 2.48. The number of benzene rings is 1. The normalized spacial score (nSPS) is 25.5. The Bertz CT molecular complexity index is 774. The number of amides is 1. The Labute approximate surface area is 146 Å². The lowest BCUT2D eigenvalue weighted by molar-refractivity contribution is -0.125. The molecule has 5 heteroatoms. The SMILES string of the molecule is CC1(C)C[C@]2(C=C(C#N)C1=O)CCN(C(=O)c1ccc(Cl)cc1)C2. The monoisotopic (exact) mass is 342 g/mol. The summed E-state index contributed by atoms with van der Waals surface area (Å²) in [6.45, 7) is 4.92. The van der Waals surface area contributed by atoms with E-state index in [1.165, 1.54) is 0 Å². The molecular formula is C19H19ClN2O2. The van der Waals surface area contributed by atoms with Gasteiger partial charge in [0.1, 0.15) is 6.07 Å². The van der Waals surface area contributed by atoms with Crippen LogP contribution in [0.3, 0.4) is 0 Å². The predicted molar refractivity (Wildman–Crippen MR) is 91.5 cm³/mol. The number of Topliss-reactive ketones (excluding diaryl/α,β-unsaturated/α-hetero) is 1. The van der Waals surface area contributed by atoms with Gasteiger partial charge in [-0.05, 0) is 37.1 Å². The molecule has 1 spiro atoms. The summed E-state index contributed by atoms with van der Waals surface area (Å²) in [5.41, 5.74) is -0.0249. The minimum Gasteiger partial charge on any atom is -0.338 e. The largest absolute Gasteiger partial charge is 0.338 e. The van der Waals surface area contributed by atoms with Gasteiger partial charge in [0.2, 0.25) is 0 Å². The van der Waals surface area contributed by atoms with E-state index in [1.807, 2.05) is 19.9 Å². The summed E-state index contributed by atoms with van der Waals surface area (Å²) in [4.78, 5) is 26.8. The Morgan fingerprint density at radius 2 is 1.96 bits per heavy atom. The number of allylic oxidation sites excluding steroid dienone is 1. The van der Waals surface area contributed by atoms with Crippen molar-refractivity contribution in [1.82, 2.24) is 4.90 Å². The molecule has 1 atom stereocenters. The first-order valence-electron chi connectivity index (χ1n) is 7.99. The summed E-state index contributed by atoms with van der Waals surface area (Å²) < 4.78 is 0. The molecule has 1 heterocycles. The van der Waals surface area contributed by atoms with Crippen LogP contribution in [0.25, 0.3) is 0 Å². The summed E-state index contributed by atoms with van der Waals surface area (Å²) in [6.07, 6.45) is 3.23. The minimum absolute atomic E-state index is 0.0369. The van der Waals surface area contributed by atoms with Crippen LogP contribution in [0, 0.1) is 22.2 Å². The van der Waals surface area contributed by atoms with Gasteiger partial charge in [0, 0.05) is 34.5 Å². The van der Waals surface area contributed by atoms with Gasteiger partial charge in [0.05, 0.1) is 5.57 Å². The fourth-order valence-electron chi connectivity index (χ4n) is 3.94. The van der Waals surface area contributed by atoms with Crippen molar-refractivity contribution in [2.75, 3.05) is 13.1 Å². The zero-order chi connectivity index (χ0) is 17.5. The lowest BCUT2D eigenvalue weighted by atomic mass is 9.64. The zero-order valence-corrected chi connectivity index (χ0v) is 14.6. The Balaban J connectivity index is 1.85. The fraction of sp³-hybridized carbons (Fsp3) is 0.421. The number of rotatable bonds is 1. The summed E-state index contributed by atoms with van der Waals surface area (Å²) in [5.74, 6) is -0.136. The molecule has 1 fully saturated rings. The van der Waals surface area contributed by atoms with Crippen molar-refractivity contribution in [3.63, 3.8) is 0 Å². The minimum atomic E-state index is -0.570. The van der Waals surface area contributed by atoms with E-state index in [1.54, 1.807) is 35.2 Å². The molecule has 0 saturated carbocycles. The molecule has 0 aromatic heterocycles. The zero-order valence-electron chi connectivity index (χ0n) is 13.8. The molecule has 1 aromatic carbocycles. The van der Waals surface area contributed by atoms with E-state index in [0.29, 0.717) is 30.1 Å². The van der Waals surface area contributed by atoms with Gasteiger partial charge in [0.15, 0.2) is 5.78 Å². The second-order valence-corrected chi connectivity index (χ2v) is 7.84. The van der Waals surface area contributed by atoms with Crippen molar-refractivity contribution in [1.29, 1.82) is 5.26 Å². The maximum absolute atomic E-state index is 12.7. The first-order chi connectivity index (χ1) is 11.3. The topological polar surface area (TPSA) is 61.2 Å². The highest BCUT2D eigenvalue weighted by Gasteiger charge is 2.48. The molecule has 1 aliphatic heterocycles. The van der Waals surface area contributed by atoms with E-state index in [9.17, 15) is 14.9 Å². The van der Waals surface area contributed by atoms with Gasteiger partial charge in [-0.1, -0.05) is 31.5 Å². The van der Waals surface area contributed by atoms with Gasteiger partial charge in [0.25, 0.3) is 5.91 Å². The standard InChI is InChI=1S/C19H19ClN2O2/c1-18(2)11-19(9-14(10-21)16(18)23)7-8-22(12-19)17(24)13-3-5-15(20)6-4-13/h3-6,9H,7-8,11-12H2,1-2H3/t19-/m1/s1. The average Bonchev–Trinajstić information content (AvgIpc) is 2.94. The molecule has 1 amide bonds. The molecule has 1 aliphatic carbocycles. The van der Waals surface area contributed by atoms with Gasteiger partial charge in [-0.2, -0.15) is 5.26 Å². The third-order valence-corrected chi connectivity index (χ3v) is 5.24. The van der Waals surface area contributed by atoms with Crippen LogP contribution >= 0.6 is 11.6 Å². The van der Waals surface area contributed by atoms with Crippen LogP contribution in [-0.2, 0) is 4.79 Å². The first-order valence-corrected chi connectivity index (χ1v) is 8.37. The average molecular weight is 343 g/mol. The van der Waals surface area contributed by atoms with E-state index in [2.05, 4.69) is 0 Å². The molecular weight excluding hydrogens is 324 g/mol. The fourth-order valence-corrected chi connectivity index (χ4v) is 4.06. The third-order valence-electron chi connectivity index (χ3n) is 4.99. The van der Waals surface area contributed by atoms with Crippen molar-refractivity contribution in [2.24, 2.45) is 10.8 Å². The molecule has 1 aromatic rings. The van der Waals surface area contributed by atoms with Crippen LogP contribution in [0.1, 0.15) is 37.0 Å². The van der Waals surface area contributed by atoms with Gasteiger partial charge >= 0.3 is 0 Å². The molecule has 1 saturated heterocycles. The number of nitriles is 1. The lowest BCUT2D eigenvalue weighted by Crippen LogP contribution is -2.40. The van der Waals surface area contributed by atoms with Crippen molar-refractivity contribution < 1.29 is 9.59 Å². The molecule has 0 bridgehead atoms. The number of hydrogen-bond acceptors (Lipinski definition) is 3. The van der Waals surface area contributed by atoms with Crippen LogP contribution < -0.4 is 0 Å². The molecule has 24 heavy (non-hydrogen) atoms. The summed E-state index contributed by atoms with van der Waals surface area (Å²) in [7, 11) is 0. The van der Waals surface area contributed by atoms with E-state index in [4.69, 9.17) is 11.6 Å². The predicted octanol–water partition coefficient (Wildman–Crippen LogP) is 3.62. The number of halogens is 1. The van der Waals surface area contributed by atoms with Gasteiger partial charge < -0.3 is 4.90 Å². The molecule has 4 nitrogen and oxygen atoms in total. The highest BCUT2D eigenvalue weighted by molar-refractivity contribution is 6.30. The summed E-state index contributed by atoms with van der Waals surface area (Å²) >= 11 is 5.87. The molecule has 0 N–H and O–H groups in total. The van der Waals surface area contributed by atoms with Gasteiger partial charge in [-0.25, -0.2) is 0 Å². The first kappa shape index (κ1) is 16.7. The van der Waals surface area contributed by atoms with Gasteiger partial charge in [-0.3, -0.25) is 9.59 Å². The number of likely N-dealkylation sites (tertiary alicyclic amines) is 1. The summed E-state index contributed by atoms with van der Waals surface area (Å²) in [5, 5.41) is 9.88. The quantitative estimate of drug-likeness (QED) is 0.783. The van der Waals surface area contributed by atoms with Crippen LogP contribution in [0.2, 0.25) is 5.02 Å². The van der Waals surface area contributed by atoms with Crippen molar-refractivity contribution in [3.8, 4) is 6.07 Å². The lowest BCUT2D eigenvalue weighted by Gasteiger charge is -2.38. The number of nitrogens with zero attached hydrogens (tertiary/aromatic N) is 2. The van der Waals surface area contributed by atoms with E-state index in [0.717, 1.165) is 6.42 Å². The molecule has 2 aliphatic rings. The Morgan fingerprint density at radius 3 is 2.58 bits per heavy atom. The Kier molecular flexibility index (Phi) is 4.01. The highest BCUT2D eigenvalue weighted by atomic mass is 35.5. The number of carbonyl (C=O) groups is 2. The van der Waals surface area contributed by atoms with E-state index < -0.39 is 5.41 Å². The van der Waals surface area contributed by atoms with Crippen LogP contribution in [0.15, 0.2) is 35.9 Å². The van der Waals surface area contributed by atoms with Crippen LogP contribution in [0.5, 0.6) is 0 Å². The molecule has 0 unspecified atom stereocenters. The summed E-state index contributed by atoms with van der Waals surface area (Å²) in [6, 6.07) is 8.89. The van der Waals surface area contributed by atoms with Crippen molar-refractivity contribution in [3.05, 3.63) is 46.5 Å². The number of ketones is 1. The molecule has 0 radical (unpaired) electrons. The third kappa shape index (κ3) is 2.85. The smallest absolute Gasteiger partial charge is 0.253 e. The Morgan fingerprint density at radius 1 is 1.29 bits per heavy atom. The Hall–Kier alpha value is -2.12. The van der Waals surface area contributed by atoms with Crippen molar-refractivity contribution >= 4 is 23.3 Å².